The number of amides is 1. The Balaban J connectivity index is 1.30. The standard InChI is InChI=1S/C28H25N3O3/c1-33-24-11-4-5-12-25(24)34-26-17-18-29-27(31-26)20-13-15-21(16-14-20)28(32)30-23-10-6-8-19-7-2-3-9-22(19)23/h2-5,7,9,11-18,23H,6,8,10H2,1H3,(H,30,32)/t23-/m0/s1. The van der Waals surface area contributed by atoms with E-state index in [-0.39, 0.29) is 11.9 Å². The van der Waals surface area contributed by atoms with E-state index in [0.29, 0.717) is 28.8 Å². The van der Waals surface area contributed by atoms with Crippen molar-refractivity contribution in [2.45, 2.75) is 25.3 Å². The average Bonchev–Trinajstić information content (AvgIpc) is 2.89. The molecule has 1 atom stereocenters. The predicted molar refractivity (Wildman–Crippen MR) is 130 cm³/mol. The monoisotopic (exact) mass is 451 g/mol. The molecule has 6 nitrogen and oxygen atoms in total. The maximum absolute atomic E-state index is 12.9. The summed E-state index contributed by atoms with van der Waals surface area (Å²) in [6, 6.07) is 24.8. The third-order valence-corrected chi connectivity index (χ3v) is 5.99. The maximum atomic E-state index is 12.9. The number of nitrogens with zero attached hydrogens (tertiary/aromatic N) is 2. The van der Waals surface area contributed by atoms with Crippen LogP contribution in [-0.2, 0) is 6.42 Å². The van der Waals surface area contributed by atoms with Gasteiger partial charge in [0, 0.05) is 23.4 Å². The average molecular weight is 452 g/mol. The number of hydrogen-bond donors (Lipinski definition) is 1. The molecule has 6 heteroatoms. The van der Waals surface area contributed by atoms with E-state index in [1.165, 1.54) is 11.1 Å². The summed E-state index contributed by atoms with van der Waals surface area (Å²) in [6.45, 7) is 0. The second kappa shape index (κ2) is 9.75. The summed E-state index contributed by atoms with van der Waals surface area (Å²) >= 11 is 0. The predicted octanol–water partition coefficient (Wildman–Crippen LogP) is 5.75. The van der Waals surface area contributed by atoms with Crippen molar-refractivity contribution in [1.29, 1.82) is 0 Å². The molecule has 1 aromatic heterocycles. The highest BCUT2D eigenvalue weighted by Gasteiger charge is 2.22. The minimum atomic E-state index is -0.0811. The Morgan fingerprint density at radius 3 is 2.53 bits per heavy atom. The molecule has 3 aromatic carbocycles. The summed E-state index contributed by atoms with van der Waals surface area (Å²) in [6.07, 6.45) is 4.74. The number of benzene rings is 3. The van der Waals surface area contributed by atoms with Crippen LogP contribution in [0.1, 0.15) is 40.4 Å². The van der Waals surface area contributed by atoms with Gasteiger partial charge in [-0.25, -0.2) is 4.98 Å². The van der Waals surface area contributed by atoms with Crippen molar-refractivity contribution in [1.82, 2.24) is 15.3 Å². The Labute approximate surface area is 198 Å². The van der Waals surface area contributed by atoms with Gasteiger partial charge in [-0.3, -0.25) is 4.79 Å². The third-order valence-electron chi connectivity index (χ3n) is 5.99. The third kappa shape index (κ3) is 4.62. The van der Waals surface area contributed by atoms with Crippen molar-refractivity contribution in [3.8, 4) is 28.8 Å². The molecule has 0 saturated heterocycles. The lowest BCUT2D eigenvalue weighted by molar-refractivity contribution is 0.0932. The van der Waals surface area contributed by atoms with Crippen molar-refractivity contribution in [2.75, 3.05) is 7.11 Å². The zero-order valence-corrected chi connectivity index (χ0v) is 18.9. The fraction of sp³-hybridized carbons (Fsp3) is 0.179. The molecule has 5 rings (SSSR count). The van der Waals surface area contributed by atoms with E-state index in [0.717, 1.165) is 24.8 Å². The van der Waals surface area contributed by atoms with Gasteiger partial charge in [0.05, 0.1) is 13.2 Å². The van der Waals surface area contributed by atoms with E-state index in [2.05, 4.69) is 33.5 Å². The fourth-order valence-electron chi connectivity index (χ4n) is 4.27. The zero-order chi connectivity index (χ0) is 23.3. The number of ether oxygens (including phenoxy) is 2. The number of nitrogens with one attached hydrogen (secondary N) is 1. The van der Waals surface area contributed by atoms with Crippen molar-refractivity contribution in [3.63, 3.8) is 0 Å². The number of hydrogen-bond acceptors (Lipinski definition) is 5. The van der Waals surface area contributed by atoms with Crippen LogP contribution in [0.2, 0.25) is 0 Å². The van der Waals surface area contributed by atoms with Crippen LogP contribution in [-0.4, -0.2) is 23.0 Å². The summed E-state index contributed by atoms with van der Waals surface area (Å²) in [5.74, 6) is 2.04. The Morgan fingerprint density at radius 1 is 0.941 bits per heavy atom. The molecule has 0 bridgehead atoms. The smallest absolute Gasteiger partial charge is 0.251 e. The molecular weight excluding hydrogens is 426 g/mol. The topological polar surface area (TPSA) is 73.3 Å². The zero-order valence-electron chi connectivity index (χ0n) is 18.9. The van der Waals surface area contributed by atoms with E-state index in [4.69, 9.17) is 9.47 Å². The van der Waals surface area contributed by atoms with Crippen molar-refractivity contribution >= 4 is 5.91 Å². The second-order valence-electron chi connectivity index (χ2n) is 8.17. The molecule has 1 N–H and O–H groups in total. The van der Waals surface area contributed by atoms with Crippen LogP contribution in [0.4, 0.5) is 0 Å². The van der Waals surface area contributed by atoms with Gasteiger partial charge in [0.25, 0.3) is 5.91 Å². The minimum absolute atomic E-state index is 0.0456. The molecule has 0 aliphatic heterocycles. The van der Waals surface area contributed by atoms with Gasteiger partial charge in [-0.2, -0.15) is 4.98 Å². The number of rotatable bonds is 6. The van der Waals surface area contributed by atoms with Crippen LogP contribution < -0.4 is 14.8 Å². The molecule has 0 spiro atoms. The number of carbonyl (C=O) groups is 1. The number of methoxy groups -OCH3 is 1. The molecule has 1 aliphatic carbocycles. The minimum Gasteiger partial charge on any atom is -0.493 e. The Hall–Kier alpha value is -4.19. The lowest BCUT2D eigenvalue weighted by Gasteiger charge is -2.26. The fourth-order valence-corrected chi connectivity index (χ4v) is 4.27. The van der Waals surface area contributed by atoms with Crippen molar-refractivity contribution < 1.29 is 14.3 Å². The summed E-state index contributed by atoms with van der Waals surface area (Å²) in [7, 11) is 1.60. The van der Waals surface area contributed by atoms with Crippen LogP contribution >= 0.6 is 0 Å². The molecular formula is C28H25N3O3. The number of fused-ring (bicyclic) bond motifs is 1. The van der Waals surface area contributed by atoms with Gasteiger partial charge >= 0.3 is 0 Å². The largest absolute Gasteiger partial charge is 0.493 e. The van der Waals surface area contributed by atoms with Gasteiger partial charge in [-0.05, 0) is 54.7 Å². The molecule has 0 saturated carbocycles. The first-order valence-corrected chi connectivity index (χ1v) is 11.3. The number of para-hydroxylation sites is 2. The first kappa shape index (κ1) is 21.6. The van der Waals surface area contributed by atoms with Crippen LogP contribution in [0.25, 0.3) is 11.4 Å². The number of carbonyl (C=O) groups excluding carboxylic acids is 1. The van der Waals surface area contributed by atoms with Gasteiger partial charge in [0.2, 0.25) is 5.88 Å². The first-order chi connectivity index (χ1) is 16.7. The Morgan fingerprint density at radius 2 is 1.71 bits per heavy atom. The molecule has 0 fully saturated rings. The summed E-state index contributed by atoms with van der Waals surface area (Å²) in [4.78, 5) is 21.8. The van der Waals surface area contributed by atoms with Gasteiger partial charge < -0.3 is 14.8 Å². The molecule has 1 heterocycles. The quantitative estimate of drug-likeness (QED) is 0.404. The molecule has 0 unspecified atom stereocenters. The van der Waals surface area contributed by atoms with Gasteiger partial charge in [0.1, 0.15) is 0 Å². The summed E-state index contributed by atoms with van der Waals surface area (Å²) < 4.78 is 11.2. The molecule has 34 heavy (non-hydrogen) atoms. The van der Waals surface area contributed by atoms with Gasteiger partial charge in [-0.1, -0.05) is 48.5 Å². The van der Waals surface area contributed by atoms with E-state index >= 15 is 0 Å². The molecule has 0 radical (unpaired) electrons. The lowest BCUT2D eigenvalue weighted by atomic mass is 9.87. The Bertz CT molecular complexity index is 1300. The number of aryl methyl sites for hydroxylation is 1. The van der Waals surface area contributed by atoms with E-state index in [1.807, 2.05) is 42.5 Å². The summed E-state index contributed by atoms with van der Waals surface area (Å²) in [5, 5.41) is 3.20. The molecule has 170 valence electrons. The summed E-state index contributed by atoms with van der Waals surface area (Å²) in [5.41, 5.74) is 3.94. The normalized spacial score (nSPS) is 14.7. The van der Waals surface area contributed by atoms with Gasteiger partial charge in [0.15, 0.2) is 17.3 Å². The van der Waals surface area contributed by atoms with Crippen molar-refractivity contribution in [2.24, 2.45) is 0 Å². The Kier molecular flexibility index (Phi) is 6.21. The van der Waals surface area contributed by atoms with Crippen LogP contribution in [0.5, 0.6) is 17.4 Å². The van der Waals surface area contributed by atoms with Crippen LogP contribution in [0.15, 0.2) is 85.1 Å². The first-order valence-electron chi connectivity index (χ1n) is 11.3. The van der Waals surface area contributed by atoms with Gasteiger partial charge in [-0.15, -0.1) is 0 Å². The van der Waals surface area contributed by atoms with E-state index < -0.39 is 0 Å². The van der Waals surface area contributed by atoms with Crippen LogP contribution in [0, 0.1) is 0 Å². The van der Waals surface area contributed by atoms with E-state index in [1.54, 1.807) is 31.5 Å². The highest BCUT2D eigenvalue weighted by Crippen LogP contribution is 2.31. The lowest BCUT2D eigenvalue weighted by Crippen LogP contribution is -2.30. The van der Waals surface area contributed by atoms with Crippen molar-refractivity contribution in [3.05, 3.63) is 102 Å². The highest BCUT2D eigenvalue weighted by molar-refractivity contribution is 5.94. The second-order valence-corrected chi connectivity index (χ2v) is 8.17. The SMILES string of the molecule is COc1ccccc1Oc1ccnc(-c2ccc(C(=O)N[C@H]3CCCc4ccccc43)cc2)n1. The van der Waals surface area contributed by atoms with E-state index in [9.17, 15) is 4.79 Å². The molecule has 1 amide bonds. The van der Waals surface area contributed by atoms with Crippen LogP contribution in [0.3, 0.4) is 0 Å². The highest BCUT2D eigenvalue weighted by atomic mass is 16.5. The number of aromatic nitrogens is 2. The molecule has 1 aliphatic rings. The maximum Gasteiger partial charge on any atom is 0.251 e. The molecule has 4 aromatic rings.